The molecule has 3 aromatic rings. The lowest BCUT2D eigenvalue weighted by molar-refractivity contribution is -0.385. The van der Waals surface area contributed by atoms with Crippen molar-refractivity contribution >= 4 is 22.6 Å². The van der Waals surface area contributed by atoms with Crippen molar-refractivity contribution in [3.05, 3.63) is 74.1 Å². The van der Waals surface area contributed by atoms with Crippen molar-refractivity contribution in [3.8, 4) is 11.5 Å². The zero-order chi connectivity index (χ0) is 19.6. The molecular formula is C19H15NO7. The number of aryl methyl sites for hydroxylation is 1. The number of carbonyl (C=O) groups is 1. The third kappa shape index (κ3) is 3.64. The van der Waals surface area contributed by atoms with Crippen LogP contribution in [0, 0.1) is 10.1 Å². The highest BCUT2D eigenvalue weighted by atomic mass is 16.6. The standard InChI is InChI=1S/C19H15NO7/c1-3-11-9-18(21)27-16-10-13(5-6-14(11)16)26-17-8-12(19(22)25-2)4-7-15(17)20(23)24/h4-10H,3H2,1-2H3. The van der Waals surface area contributed by atoms with Crippen molar-refractivity contribution in [1.82, 2.24) is 0 Å². The van der Waals surface area contributed by atoms with Gasteiger partial charge in [0.05, 0.1) is 17.6 Å². The average molecular weight is 369 g/mol. The Balaban J connectivity index is 2.07. The molecule has 0 saturated heterocycles. The number of fused-ring (bicyclic) bond motifs is 1. The molecule has 27 heavy (non-hydrogen) atoms. The molecule has 1 heterocycles. The molecule has 0 unspecified atom stereocenters. The smallest absolute Gasteiger partial charge is 0.337 e. The van der Waals surface area contributed by atoms with Crippen LogP contribution in [-0.4, -0.2) is 18.0 Å². The minimum Gasteiger partial charge on any atom is -0.465 e. The van der Waals surface area contributed by atoms with E-state index in [2.05, 4.69) is 4.74 Å². The van der Waals surface area contributed by atoms with E-state index in [1.54, 1.807) is 12.1 Å². The number of hydrogen-bond donors (Lipinski definition) is 0. The largest absolute Gasteiger partial charge is 0.465 e. The predicted molar refractivity (Wildman–Crippen MR) is 96.4 cm³/mol. The first-order chi connectivity index (χ1) is 12.9. The summed E-state index contributed by atoms with van der Waals surface area (Å²) >= 11 is 0. The number of nitro benzene ring substituents is 1. The second-order valence-corrected chi connectivity index (χ2v) is 5.64. The number of carbonyl (C=O) groups excluding carboxylic acids is 1. The first-order valence-electron chi connectivity index (χ1n) is 8.04. The number of hydrogen-bond acceptors (Lipinski definition) is 7. The molecule has 3 rings (SSSR count). The van der Waals surface area contributed by atoms with Crippen LogP contribution in [-0.2, 0) is 11.2 Å². The van der Waals surface area contributed by atoms with E-state index >= 15 is 0 Å². The van der Waals surface area contributed by atoms with Crippen molar-refractivity contribution < 1.29 is 23.6 Å². The van der Waals surface area contributed by atoms with E-state index in [1.807, 2.05) is 6.92 Å². The molecule has 2 aromatic carbocycles. The van der Waals surface area contributed by atoms with Gasteiger partial charge in [-0.25, -0.2) is 9.59 Å². The molecule has 0 aliphatic carbocycles. The zero-order valence-corrected chi connectivity index (χ0v) is 14.6. The fourth-order valence-electron chi connectivity index (χ4n) is 2.68. The van der Waals surface area contributed by atoms with Crippen LogP contribution in [0.4, 0.5) is 5.69 Å². The normalized spacial score (nSPS) is 10.6. The topological polar surface area (TPSA) is 109 Å². The van der Waals surface area contributed by atoms with Crippen LogP contribution in [0.3, 0.4) is 0 Å². The number of esters is 1. The Morgan fingerprint density at radius 1 is 1.19 bits per heavy atom. The molecule has 0 saturated carbocycles. The van der Waals surface area contributed by atoms with Gasteiger partial charge in [0.15, 0.2) is 0 Å². The van der Waals surface area contributed by atoms with Crippen LogP contribution >= 0.6 is 0 Å². The van der Waals surface area contributed by atoms with Crippen molar-refractivity contribution in [2.24, 2.45) is 0 Å². The maximum atomic E-state index is 11.7. The molecule has 8 heteroatoms. The molecule has 0 atom stereocenters. The summed E-state index contributed by atoms with van der Waals surface area (Å²) in [6.45, 7) is 1.92. The van der Waals surface area contributed by atoms with Gasteiger partial charge in [-0.1, -0.05) is 6.92 Å². The lowest BCUT2D eigenvalue weighted by Crippen LogP contribution is -2.03. The maximum Gasteiger partial charge on any atom is 0.337 e. The van der Waals surface area contributed by atoms with E-state index in [4.69, 9.17) is 9.15 Å². The third-order valence-electron chi connectivity index (χ3n) is 3.99. The molecule has 0 bridgehead atoms. The van der Waals surface area contributed by atoms with Crippen molar-refractivity contribution in [2.75, 3.05) is 7.11 Å². The molecule has 0 amide bonds. The highest BCUT2D eigenvalue weighted by molar-refractivity contribution is 5.90. The molecular weight excluding hydrogens is 354 g/mol. The molecule has 0 aliphatic rings. The number of nitrogens with zero attached hydrogens (tertiary/aromatic N) is 1. The summed E-state index contributed by atoms with van der Waals surface area (Å²) in [5.74, 6) is -0.549. The quantitative estimate of drug-likeness (QED) is 0.291. The summed E-state index contributed by atoms with van der Waals surface area (Å²) < 4.78 is 15.4. The van der Waals surface area contributed by atoms with E-state index in [-0.39, 0.29) is 22.7 Å². The van der Waals surface area contributed by atoms with Crippen molar-refractivity contribution in [2.45, 2.75) is 13.3 Å². The van der Waals surface area contributed by atoms with E-state index in [9.17, 15) is 19.7 Å². The van der Waals surface area contributed by atoms with Crippen LogP contribution in [0.25, 0.3) is 11.0 Å². The number of methoxy groups -OCH3 is 1. The average Bonchev–Trinajstić information content (AvgIpc) is 2.66. The molecule has 0 radical (unpaired) electrons. The summed E-state index contributed by atoms with van der Waals surface area (Å²) in [6.07, 6.45) is 0.648. The molecule has 1 aromatic heterocycles. The second kappa shape index (κ2) is 7.28. The van der Waals surface area contributed by atoms with Crippen molar-refractivity contribution in [3.63, 3.8) is 0 Å². The maximum absolute atomic E-state index is 11.7. The van der Waals surface area contributed by atoms with E-state index in [1.165, 1.54) is 31.4 Å². The third-order valence-corrected chi connectivity index (χ3v) is 3.99. The monoisotopic (exact) mass is 369 g/mol. The van der Waals surface area contributed by atoms with Gasteiger partial charge in [-0.3, -0.25) is 10.1 Å². The summed E-state index contributed by atoms with van der Waals surface area (Å²) in [4.78, 5) is 34.0. The molecule has 0 spiro atoms. The minimum atomic E-state index is -0.646. The summed E-state index contributed by atoms with van der Waals surface area (Å²) in [7, 11) is 1.21. The fraction of sp³-hybridized carbons (Fsp3) is 0.158. The Kier molecular flexibility index (Phi) is 4.89. The SMILES string of the molecule is CCc1cc(=O)oc2cc(Oc3cc(C(=O)OC)ccc3[N+](=O)[O-])ccc12. The van der Waals surface area contributed by atoms with Gasteiger partial charge >= 0.3 is 17.3 Å². The highest BCUT2D eigenvalue weighted by Gasteiger charge is 2.19. The number of rotatable bonds is 5. The number of ether oxygens (including phenoxy) is 2. The van der Waals surface area contributed by atoms with Crippen LogP contribution in [0.2, 0.25) is 0 Å². The van der Waals surface area contributed by atoms with E-state index < -0.39 is 16.5 Å². The van der Waals surface area contributed by atoms with Crippen LogP contribution in [0.15, 0.2) is 51.7 Å². The number of benzene rings is 2. The Morgan fingerprint density at radius 2 is 1.96 bits per heavy atom. The first kappa shape index (κ1) is 18.1. The van der Waals surface area contributed by atoms with E-state index in [0.717, 1.165) is 17.0 Å². The second-order valence-electron chi connectivity index (χ2n) is 5.64. The molecule has 0 fully saturated rings. The Hall–Kier alpha value is -3.68. The van der Waals surface area contributed by atoms with Gasteiger partial charge in [0.2, 0.25) is 5.75 Å². The van der Waals surface area contributed by atoms with Gasteiger partial charge in [0, 0.05) is 29.7 Å². The van der Waals surface area contributed by atoms with Crippen molar-refractivity contribution in [1.29, 1.82) is 0 Å². The van der Waals surface area contributed by atoms with Gasteiger partial charge in [-0.05, 0) is 30.2 Å². The zero-order valence-electron chi connectivity index (χ0n) is 14.6. The van der Waals surface area contributed by atoms with Gasteiger partial charge in [-0.2, -0.15) is 0 Å². The van der Waals surface area contributed by atoms with Gasteiger partial charge in [0.1, 0.15) is 11.3 Å². The first-order valence-corrected chi connectivity index (χ1v) is 8.04. The highest BCUT2D eigenvalue weighted by Crippen LogP contribution is 2.34. The van der Waals surface area contributed by atoms with Gasteiger partial charge in [-0.15, -0.1) is 0 Å². The summed E-state index contributed by atoms with van der Waals surface area (Å²) in [5.41, 5.74) is 0.440. The minimum absolute atomic E-state index is 0.110. The fourth-order valence-corrected chi connectivity index (χ4v) is 2.68. The lowest BCUT2D eigenvalue weighted by Gasteiger charge is -2.09. The van der Waals surface area contributed by atoms with Crippen LogP contribution < -0.4 is 10.4 Å². The van der Waals surface area contributed by atoms with E-state index in [0.29, 0.717) is 12.0 Å². The van der Waals surface area contributed by atoms with Crippen LogP contribution in [0.1, 0.15) is 22.8 Å². The summed E-state index contributed by atoms with van der Waals surface area (Å²) in [5, 5.41) is 12.0. The molecule has 8 nitrogen and oxygen atoms in total. The van der Waals surface area contributed by atoms with Gasteiger partial charge < -0.3 is 13.9 Å². The predicted octanol–water partition coefficient (Wildman–Crippen LogP) is 3.84. The van der Waals surface area contributed by atoms with Gasteiger partial charge in [0.25, 0.3) is 0 Å². The summed E-state index contributed by atoms with van der Waals surface area (Å²) in [6, 6.07) is 9.89. The molecule has 0 aliphatic heterocycles. The Bertz CT molecular complexity index is 1100. The lowest BCUT2D eigenvalue weighted by atomic mass is 10.1. The Morgan fingerprint density at radius 3 is 2.63 bits per heavy atom. The van der Waals surface area contributed by atoms with Crippen LogP contribution in [0.5, 0.6) is 11.5 Å². The number of nitro groups is 1. The molecule has 0 N–H and O–H groups in total. The molecule has 138 valence electrons. The Labute approximate surface area is 153 Å².